The zero-order valence-corrected chi connectivity index (χ0v) is 16.6. The highest BCUT2D eigenvalue weighted by molar-refractivity contribution is 5.73. The number of carbonyl (C=O) groups excluding carboxylic acids is 2. The number of rotatable bonds is 6. The molecule has 5 rings (SSSR count). The minimum Gasteiger partial charge on any atom is -0.465 e. The molecule has 2 aliphatic heterocycles. The molecular formula is C22H32O6. The van der Waals surface area contributed by atoms with E-state index in [1.165, 1.54) is 0 Å². The van der Waals surface area contributed by atoms with Crippen molar-refractivity contribution in [3.8, 4) is 0 Å². The summed E-state index contributed by atoms with van der Waals surface area (Å²) in [5.41, 5.74) is 0. The summed E-state index contributed by atoms with van der Waals surface area (Å²) >= 11 is 0. The fourth-order valence-corrected chi connectivity index (χ4v) is 5.44. The summed E-state index contributed by atoms with van der Waals surface area (Å²) in [5, 5.41) is 0. The van der Waals surface area contributed by atoms with Crippen LogP contribution in [0, 0.1) is 23.7 Å². The molecule has 0 amide bonds. The van der Waals surface area contributed by atoms with E-state index >= 15 is 0 Å². The molecule has 0 spiro atoms. The maximum Gasteiger partial charge on any atom is 0.309 e. The Labute approximate surface area is 166 Å². The maximum atomic E-state index is 12.3. The molecule has 5 fully saturated rings. The molecule has 6 heteroatoms. The van der Waals surface area contributed by atoms with E-state index in [1.807, 2.05) is 0 Å². The summed E-state index contributed by atoms with van der Waals surface area (Å²) in [6, 6.07) is 0. The van der Waals surface area contributed by atoms with Crippen LogP contribution in [-0.2, 0) is 28.5 Å². The van der Waals surface area contributed by atoms with Crippen molar-refractivity contribution in [2.24, 2.45) is 23.7 Å². The summed E-state index contributed by atoms with van der Waals surface area (Å²) in [6.07, 6.45) is 11.2. The van der Waals surface area contributed by atoms with Gasteiger partial charge in [-0.05, 0) is 76.0 Å². The molecule has 0 aromatic rings. The Balaban J connectivity index is 0.961. The van der Waals surface area contributed by atoms with Crippen molar-refractivity contribution in [3.05, 3.63) is 0 Å². The molecule has 2 saturated heterocycles. The van der Waals surface area contributed by atoms with Crippen molar-refractivity contribution in [1.29, 1.82) is 0 Å². The molecule has 5 unspecified atom stereocenters. The highest BCUT2D eigenvalue weighted by Crippen LogP contribution is 2.41. The predicted molar refractivity (Wildman–Crippen MR) is 99.4 cm³/mol. The van der Waals surface area contributed by atoms with Gasteiger partial charge in [0.1, 0.15) is 0 Å². The zero-order chi connectivity index (χ0) is 19.1. The fraction of sp³-hybridized carbons (Fsp3) is 0.909. The number of ether oxygens (including phenoxy) is 4. The number of carbonyl (C=O) groups is 2. The molecule has 6 nitrogen and oxygen atoms in total. The lowest BCUT2D eigenvalue weighted by molar-refractivity contribution is -0.153. The second kappa shape index (κ2) is 7.94. The first-order valence-corrected chi connectivity index (χ1v) is 11.3. The number of esters is 2. The molecule has 156 valence electrons. The van der Waals surface area contributed by atoms with Gasteiger partial charge in [-0.1, -0.05) is 0 Å². The third-order valence-electron chi connectivity index (χ3n) is 7.56. The number of hydrogen-bond donors (Lipinski definition) is 0. The van der Waals surface area contributed by atoms with E-state index in [2.05, 4.69) is 0 Å². The molecule has 0 bridgehead atoms. The monoisotopic (exact) mass is 392 g/mol. The van der Waals surface area contributed by atoms with Gasteiger partial charge in [0, 0.05) is 0 Å². The quantitative estimate of drug-likeness (QED) is 0.511. The molecule has 3 aliphatic carbocycles. The SMILES string of the molecule is O=C(OCC1CCC(COC(=O)C2CCC3O[C@@H]3C2)CC1)C1CCC2OC2C1. The third-order valence-corrected chi connectivity index (χ3v) is 7.56. The van der Waals surface area contributed by atoms with Crippen LogP contribution in [0.25, 0.3) is 0 Å². The van der Waals surface area contributed by atoms with E-state index in [-0.39, 0.29) is 23.8 Å². The van der Waals surface area contributed by atoms with E-state index in [0.29, 0.717) is 49.5 Å². The van der Waals surface area contributed by atoms with Crippen LogP contribution in [0.4, 0.5) is 0 Å². The van der Waals surface area contributed by atoms with Crippen LogP contribution in [0.1, 0.15) is 64.2 Å². The zero-order valence-electron chi connectivity index (χ0n) is 16.6. The minimum atomic E-state index is -0.0284. The van der Waals surface area contributed by atoms with Crippen molar-refractivity contribution in [2.75, 3.05) is 13.2 Å². The van der Waals surface area contributed by atoms with Crippen LogP contribution in [0.5, 0.6) is 0 Å². The first-order valence-electron chi connectivity index (χ1n) is 11.3. The molecule has 5 aliphatic rings. The number of hydrogen-bond acceptors (Lipinski definition) is 6. The topological polar surface area (TPSA) is 77.7 Å². The van der Waals surface area contributed by atoms with E-state index in [0.717, 1.165) is 64.2 Å². The summed E-state index contributed by atoms with van der Waals surface area (Å²) in [5.74, 6) is 0.920. The van der Waals surface area contributed by atoms with Gasteiger partial charge in [-0.15, -0.1) is 0 Å². The second-order valence-electron chi connectivity index (χ2n) is 9.59. The van der Waals surface area contributed by atoms with Gasteiger partial charge < -0.3 is 18.9 Å². The van der Waals surface area contributed by atoms with Crippen LogP contribution in [-0.4, -0.2) is 49.6 Å². The lowest BCUT2D eigenvalue weighted by Gasteiger charge is -2.29. The van der Waals surface area contributed by atoms with Gasteiger partial charge >= 0.3 is 11.9 Å². The first-order chi connectivity index (χ1) is 13.7. The van der Waals surface area contributed by atoms with Crippen molar-refractivity contribution >= 4 is 11.9 Å². The molecule has 6 atom stereocenters. The molecule has 0 N–H and O–H groups in total. The Bertz CT molecular complexity index is 546. The van der Waals surface area contributed by atoms with Crippen molar-refractivity contribution in [3.63, 3.8) is 0 Å². The molecule has 0 radical (unpaired) electrons. The smallest absolute Gasteiger partial charge is 0.309 e. The van der Waals surface area contributed by atoms with Gasteiger partial charge in [0.05, 0.1) is 49.5 Å². The Morgan fingerprint density at radius 1 is 0.607 bits per heavy atom. The highest BCUT2D eigenvalue weighted by Gasteiger charge is 2.47. The van der Waals surface area contributed by atoms with Crippen LogP contribution < -0.4 is 0 Å². The maximum absolute atomic E-state index is 12.3. The second-order valence-corrected chi connectivity index (χ2v) is 9.59. The van der Waals surface area contributed by atoms with Crippen LogP contribution in [0.15, 0.2) is 0 Å². The Morgan fingerprint density at radius 2 is 1.04 bits per heavy atom. The first kappa shape index (κ1) is 18.9. The van der Waals surface area contributed by atoms with Crippen LogP contribution >= 0.6 is 0 Å². The van der Waals surface area contributed by atoms with Gasteiger partial charge in [-0.3, -0.25) is 9.59 Å². The van der Waals surface area contributed by atoms with Gasteiger partial charge in [0.15, 0.2) is 0 Å². The van der Waals surface area contributed by atoms with E-state index in [9.17, 15) is 9.59 Å². The average Bonchev–Trinajstić information content (AvgIpc) is 3.63. The van der Waals surface area contributed by atoms with Gasteiger partial charge in [0.2, 0.25) is 0 Å². The van der Waals surface area contributed by atoms with E-state index in [4.69, 9.17) is 18.9 Å². The Morgan fingerprint density at radius 3 is 1.43 bits per heavy atom. The number of fused-ring (bicyclic) bond motifs is 2. The lowest BCUT2D eigenvalue weighted by Crippen LogP contribution is -2.29. The average molecular weight is 392 g/mol. The van der Waals surface area contributed by atoms with Crippen LogP contribution in [0.3, 0.4) is 0 Å². The van der Waals surface area contributed by atoms with Gasteiger partial charge in [-0.25, -0.2) is 0 Å². The molecule has 0 aromatic heterocycles. The van der Waals surface area contributed by atoms with E-state index in [1.54, 1.807) is 0 Å². The Kier molecular flexibility index (Phi) is 5.35. The van der Waals surface area contributed by atoms with Crippen molar-refractivity contribution < 1.29 is 28.5 Å². The predicted octanol–water partition coefficient (Wildman–Crippen LogP) is 3.01. The van der Waals surface area contributed by atoms with Gasteiger partial charge in [-0.2, -0.15) is 0 Å². The van der Waals surface area contributed by atoms with Crippen molar-refractivity contribution in [2.45, 2.75) is 88.6 Å². The van der Waals surface area contributed by atoms with Gasteiger partial charge in [0.25, 0.3) is 0 Å². The largest absolute Gasteiger partial charge is 0.465 e. The van der Waals surface area contributed by atoms with Crippen LogP contribution in [0.2, 0.25) is 0 Å². The molecule has 0 aromatic carbocycles. The normalized spacial score (nSPS) is 44.0. The fourth-order valence-electron chi connectivity index (χ4n) is 5.44. The summed E-state index contributed by atoms with van der Waals surface area (Å²) in [6.45, 7) is 1.09. The summed E-state index contributed by atoms with van der Waals surface area (Å²) in [4.78, 5) is 24.6. The highest BCUT2D eigenvalue weighted by atomic mass is 16.6. The molecule has 28 heavy (non-hydrogen) atoms. The number of epoxide rings is 2. The van der Waals surface area contributed by atoms with E-state index < -0.39 is 0 Å². The Hall–Kier alpha value is -1.14. The van der Waals surface area contributed by atoms with Crippen molar-refractivity contribution in [1.82, 2.24) is 0 Å². The lowest BCUT2D eigenvalue weighted by atomic mass is 9.82. The third kappa shape index (κ3) is 4.38. The molecule has 3 saturated carbocycles. The molecular weight excluding hydrogens is 360 g/mol. The summed E-state index contributed by atoms with van der Waals surface area (Å²) in [7, 11) is 0. The molecule has 2 heterocycles. The standard InChI is InChI=1S/C22H32O6/c23-21(15-5-7-17-19(9-15)27-17)25-11-13-1-2-14(4-3-13)12-26-22(24)16-6-8-18-20(10-16)28-18/h13-20H,1-12H2/t13?,14?,15?,16?,17?,18?,19-,20?/m1/s1. The summed E-state index contributed by atoms with van der Waals surface area (Å²) < 4.78 is 22.2. The minimum absolute atomic E-state index is 0.0284.